The Morgan fingerprint density at radius 2 is 1.67 bits per heavy atom. The van der Waals surface area contributed by atoms with Crippen molar-refractivity contribution in [1.82, 2.24) is 4.98 Å². The number of aromatic nitrogens is 1. The molecule has 0 fully saturated rings. The van der Waals surface area contributed by atoms with Gasteiger partial charge >= 0.3 is 0 Å². The number of amides is 1. The Balaban J connectivity index is 1.72. The summed E-state index contributed by atoms with van der Waals surface area (Å²) in [5, 5.41) is 5.92. The summed E-state index contributed by atoms with van der Waals surface area (Å²) in [6, 6.07) is 15.6. The molecule has 3 aromatic rings. The highest BCUT2D eigenvalue weighted by molar-refractivity contribution is 6.04. The number of pyridine rings is 1. The third-order valence-electron chi connectivity index (χ3n) is 4.12. The van der Waals surface area contributed by atoms with Crippen LogP contribution in [0.4, 0.5) is 21.5 Å². The first-order valence-corrected chi connectivity index (χ1v) is 8.71. The van der Waals surface area contributed by atoms with Crippen molar-refractivity contribution >= 4 is 23.0 Å². The molecule has 27 heavy (non-hydrogen) atoms. The fourth-order valence-corrected chi connectivity index (χ4v) is 2.62. The van der Waals surface area contributed by atoms with E-state index in [1.54, 1.807) is 24.4 Å². The zero-order valence-corrected chi connectivity index (χ0v) is 15.6. The SMILES string of the molecule is CC(C)(C)c1ccc(Nc2cncc(C(=O)Nc3cccc(F)c3)c2)cc1. The lowest BCUT2D eigenvalue weighted by molar-refractivity contribution is 0.102. The van der Waals surface area contributed by atoms with Crippen LogP contribution in [-0.2, 0) is 5.41 Å². The normalized spacial score (nSPS) is 11.1. The second kappa shape index (κ2) is 7.58. The molecule has 2 aromatic carbocycles. The van der Waals surface area contributed by atoms with Crippen molar-refractivity contribution in [2.75, 3.05) is 10.6 Å². The molecule has 0 unspecified atom stereocenters. The minimum atomic E-state index is -0.403. The van der Waals surface area contributed by atoms with Crippen LogP contribution in [0.3, 0.4) is 0 Å². The number of hydrogen-bond donors (Lipinski definition) is 2. The highest BCUT2D eigenvalue weighted by Crippen LogP contribution is 2.25. The van der Waals surface area contributed by atoms with E-state index in [2.05, 4.69) is 48.5 Å². The van der Waals surface area contributed by atoms with Gasteiger partial charge in [-0.1, -0.05) is 39.0 Å². The third-order valence-corrected chi connectivity index (χ3v) is 4.12. The fraction of sp³-hybridized carbons (Fsp3) is 0.182. The Morgan fingerprint density at radius 1 is 0.926 bits per heavy atom. The molecule has 3 rings (SSSR count). The van der Waals surface area contributed by atoms with Crippen LogP contribution in [0.5, 0.6) is 0 Å². The summed E-state index contributed by atoms with van der Waals surface area (Å²) in [6.45, 7) is 6.50. The summed E-state index contributed by atoms with van der Waals surface area (Å²) < 4.78 is 13.3. The van der Waals surface area contributed by atoms with Crippen molar-refractivity contribution in [2.45, 2.75) is 26.2 Å². The van der Waals surface area contributed by atoms with Crippen LogP contribution in [0, 0.1) is 5.82 Å². The van der Waals surface area contributed by atoms with E-state index in [9.17, 15) is 9.18 Å². The lowest BCUT2D eigenvalue weighted by atomic mass is 9.87. The van der Waals surface area contributed by atoms with E-state index in [0.717, 1.165) is 5.69 Å². The molecular weight excluding hydrogens is 341 g/mol. The topological polar surface area (TPSA) is 54.0 Å². The lowest BCUT2D eigenvalue weighted by Gasteiger charge is -2.19. The predicted octanol–water partition coefficient (Wildman–Crippen LogP) is 5.51. The Bertz CT molecular complexity index is 946. The van der Waals surface area contributed by atoms with Gasteiger partial charge in [0.2, 0.25) is 0 Å². The third kappa shape index (κ3) is 4.91. The van der Waals surface area contributed by atoms with Gasteiger partial charge in [0.1, 0.15) is 5.82 Å². The summed E-state index contributed by atoms with van der Waals surface area (Å²) in [5.41, 5.74) is 3.73. The largest absolute Gasteiger partial charge is 0.354 e. The second-order valence-corrected chi connectivity index (χ2v) is 7.38. The minimum Gasteiger partial charge on any atom is -0.354 e. The maximum absolute atomic E-state index is 13.3. The first-order chi connectivity index (χ1) is 12.8. The van der Waals surface area contributed by atoms with Crippen LogP contribution >= 0.6 is 0 Å². The molecule has 0 aliphatic heterocycles. The van der Waals surface area contributed by atoms with Crippen LogP contribution in [0.25, 0.3) is 0 Å². The number of anilines is 3. The number of hydrogen-bond acceptors (Lipinski definition) is 3. The number of carbonyl (C=O) groups is 1. The zero-order valence-electron chi connectivity index (χ0n) is 15.6. The summed E-state index contributed by atoms with van der Waals surface area (Å²) in [6.07, 6.45) is 3.12. The molecule has 0 atom stereocenters. The van der Waals surface area contributed by atoms with Gasteiger partial charge in [0, 0.05) is 17.6 Å². The van der Waals surface area contributed by atoms with Crippen molar-refractivity contribution in [2.24, 2.45) is 0 Å². The van der Waals surface area contributed by atoms with E-state index in [-0.39, 0.29) is 11.3 Å². The Hall–Kier alpha value is -3.21. The molecule has 2 N–H and O–H groups in total. The number of nitrogens with one attached hydrogen (secondary N) is 2. The van der Waals surface area contributed by atoms with Crippen molar-refractivity contribution in [3.8, 4) is 0 Å². The van der Waals surface area contributed by atoms with Crippen LogP contribution in [0.15, 0.2) is 67.0 Å². The van der Waals surface area contributed by atoms with Gasteiger partial charge in [-0.05, 0) is 47.4 Å². The quantitative estimate of drug-likeness (QED) is 0.642. The highest BCUT2D eigenvalue weighted by atomic mass is 19.1. The number of benzene rings is 2. The summed E-state index contributed by atoms with van der Waals surface area (Å²) >= 11 is 0. The first kappa shape index (κ1) is 18.6. The van der Waals surface area contributed by atoms with Crippen molar-refractivity contribution in [3.63, 3.8) is 0 Å². The monoisotopic (exact) mass is 363 g/mol. The van der Waals surface area contributed by atoms with Gasteiger partial charge in [-0.2, -0.15) is 0 Å². The molecule has 0 bridgehead atoms. The standard InChI is InChI=1S/C22H22FN3O/c1-22(2,3)16-7-9-18(10-8-16)25-20-11-15(13-24-14-20)21(27)26-19-6-4-5-17(23)12-19/h4-14,25H,1-3H3,(H,26,27). The van der Waals surface area contributed by atoms with Gasteiger partial charge in [-0.25, -0.2) is 4.39 Å². The maximum atomic E-state index is 13.3. The minimum absolute atomic E-state index is 0.0923. The Labute approximate surface area is 158 Å². The highest BCUT2D eigenvalue weighted by Gasteiger charge is 2.13. The summed E-state index contributed by atoms with van der Waals surface area (Å²) in [5.74, 6) is -0.750. The molecule has 0 saturated heterocycles. The van der Waals surface area contributed by atoms with Crippen LogP contribution < -0.4 is 10.6 Å². The van der Waals surface area contributed by atoms with Crippen LogP contribution in [-0.4, -0.2) is 10.9 Å². The number of rotatable bonds is 4. The number of carbonyl (C=O) groups excluding carboxylic acids is 1. The average Bonchev–Trinajstić information content (AvgIpc) is 2.62. The Morgan fingerprint density at radius 3 is 2.33 bits per heavy atom. The van der Waals surface area contributed by atoms with Gasteiger partial charge in [0.05, 0.1) is 17.4 Å². The van der Waals surface area contributed by atoms with E-state index in [1.165, 1.54) is 23.9 Å². The van der Waals surface area contributed by atoms with Gasteiger partial charge in [-0.3, -0.25) is 9.78 Å². The lowest BCUT2D eigenvalue weighted by Crippen LogP contribution is -2.12. The zero-order chi connectivity index (χ0) is 19.4. The van der Waals surface area contributed by atoms with E-state index >= 15 is 0 Å². The molecular formula is C22H22FN3O. The molecule has 138 valence electrons. The number of halogens is 1. The molecule has 1 aromatic heterocycles. The molecule has 5 heteroatoms. The molecule has 4 nitrogen and oxygen atoms in total. The number of nitrogens with zero attached hydrogens (tertiary/aromatic N) is 1. The average molecular weight is 363 g/mol. The van der Waals surface area contributed by atoms with E-state index in [0.29, 0.717) is 16.9 Å². The van der Waals surface area contributed by atoms with E-state index < -0.39 is 5.82 Å². The molecule has 0 aliphatic carbocycles. The van der Waals surface area contributed by atoms with E-state index in [1.807, 2.05) is 12.1 Å². The molecule has 1 heterocycles. The summed E-state index contributed by atoms with van der Waals surface area (Å²) in [4.78, 5) is 16.5. The van der Waals surface area contributed by atoms with Gasteiger partial charge in [0.15, 0.2) is 0 Å². The van der Waals surface area contributed by atoms with Crippen LogP contribution in [0.1, 0.15) is 36.7 Å². The first-order valence-electron chi connectivity index (χ1n) is 8.71. The van der Waals surface area contributed by atoms with E-state index in [4.69, 9.17) is 0 Å². The molecule has 0 saturated carbocycles. The van der Waals surface area contributed by atoms with Gasteiger partial charge in [-0.15, -0.1) is 0 Å². The molecule has 0 radical (unpaired) electrons. The van der Waals surface area contributed by atoms with Gasteiger partial charge < -0.3 is 10.6 Å². The Kier molecular flexibility index (Phi) is 5.21. The second-order valence-electron chi connectivity index (χ2n) is 7.38. The van der Waals surface area contributed by atoms with Crippen molar-refractivity contribution < 1.29 is 9.18 Å². The van der Waals surface area contributed by atoms with Crippen molar-refractivity contribution in [3.05, 3.63) is 83.9 Å². The van der Waals surface area contributed by atoms with Crippen LogP contribution in [0.2, 0.25) is 0 Å². The maximum Gasteiger partial charge on any atom is 0.257 e. The fourth-order valence-electron chi connectivity index (χ4n) is 2.62. The summed E-state index contributed by atoms with van der Waals surface area (Å²) in [7, 11) is 0. The molecule has 1 amide bonds. The van der Waals surface area contributed by atoms with Gasteiger partial charge in [0.25, 0.3) is 5.91 Å². The molecule has 0 spiro atoms. The molecule has 0 aliphatic rings. The smallest absolute Gasteiger partial charge is 0.257 e. The van der Waals surface area contributed by atoms with Crippen molar-refractivity contribution in [1.29, 1.82) is 0 Å². The predicted molar refractivity (Wildman–Crippen MR) is 107 cm³/mol.